The van der Waals surface area contributed by atoms with Gasteiger partial charge >= 0.3 is 0 Å². The Labute approximate surface area is 163 Å². The van der Waals surface area contributed by atoms with Crippen molar-refractivity contribution >= 4 is 23.3 Å². The summed E-state index contributed by atoms with van der Waals surface area (Å²) in [5.41, 5.74) is 0.692. The number of benzene rings is 3. The van der Waals surface area contributed by atoms with E-state index in [1.165, 1.54) is 12.1 Å². The lowest BCUT2D eigenvalue weighted by molar-refractivity contribution is 0.107. The van der Waals surface area contributed by atoms with E-state index in [1.807, 2.05) is 0 Å². The van der Waals surface area contributed by atoms with Gasteiger partial charge in [0, 0.05) is 16.2 Å². The summed E-state index contributed by atoms with van der Waals surface area (Å²) in [5, 5.41) is 29.8. The number of aliphatic hydroxyl groups is 3. The van der Waals surface area contributed by atoms with E-state index in [-0.39, 0.29) is 28.6 Å². The summed E-state index contributed by atoms with van der Waals surface area (Å²) in [6, 6.07) is 19.7. The van der Waals surface area contributed by atoms with Crippen LogP contribution in [0.3, 0.4) is 0 Å². The molecule has 0 amide bonds. The first-order valence-corrected chi connectivity index (χ1v) is 10.5. The van der Waals surface area contributed by atoms with Crippen molar-refractivity contribution in [3.8, 4) is 0 Å². The van der Waals surface area contributed by atoms with Crippen LogP contribution in [0.1, 0.15) is 27.0 Å². The fraction of sp³-hybridized carbons (Fsp3) is 0.136. The molecule has 0 radical (unpaired) electrons. The second-order valence-corrected chi connectivity index (χ2v) is 8.94. The van der Waals surface area contributed by atoms with Crippen LogP contribution in [0, 0.1) is 0 Å². The van der Waals surface area contributed by atoms with Gasteiger partial charge < -0.3 is 19.9 Å². The highest BCUT2D eigenvalue weighted by Gasteiger charge is 2.40. The van der Waals surface area contributed by atoms with Crippen molar-refractivity contribution in [3.63, 3.8) is 0 Å². The van der Waals surface area contributed by atoms with Crippen LogP contribution >= 0.6 is 7.14 Å². The summed E-state index contributed by atoms with van der Waals surface area (Å²) >= 11 is 0. The third-order valence-corrected chi connectivity index (χ3v) is 7.65. The van der Waals surface area contributed by atoms with Gasteiger partial charge in [0.15, 0.2) is 0 Å². The Morgan fingerprint density at radius 3 is 1.71 bits per heavy atom. The zero-order valence-corrected chi connectivity index (χ0v) is 16.0. The lowest BCUT2D eigenvalue weighted by Crippen LogP contribution is -2.29. The van der Waals surface area contributed by atoms with Gasteiger partial charge in [-0.1, -0.05) is 72.8 Å². The third kappa shape index (κ3) is 3.58. The maximum atomic E-state index is 14.4. The number of aliphatic hydroxyl groups excluding tert-OH is 3. The highest BCUT2D eigenvalue weighted by molar-refractivity contribution is 7.93. The van der Waals surface area contributed by atoms with Gasteiger partial charge in [-0.25, -0.2) is 0 Å². The molecule has 0 fully saturated rings. The minimum absolute atomic E-state index is 0.134. The van der Waals surface area contributed by atoms with E-state index < -0.39 is 25.9 Å². The van der Waals surface area contributed by atoms with Gasteiger partial charge in [-0.3, -0.25) is 4.79 Å². The summed E-state index contributed by atoms with van der Waals surface area (Å²) < 4.78 is 14.4. The molecule has 6 heteroatoms. The molecule has 0 aromatic heterocycles. The van der Waals surface area contributed by atoms with Gasteiger partial charge in [-0.05, 0) is 16.7 Å². The molecule has 0 saturated carbocycles. The Morgan fingerprint density at radius 1 is 0.750 bits per heavy atom. The molecule has 0 bridgehead atoms. The molecule has 0 aliphatic carbocycles. The first kappa shape index (κ1) is 20.2. The first-order chi connectivity index (χ1) is 13.6. The largest absolute Gasteiger partial charge is 0.392 e. The Kier molecular flexibility index (Phi) is 6.22. The lowest BCUT2D eigenvalue weighted by Gasteiger charge is -2.24. The zero-order chi connectivity index (χ0) is 20.1. The molecule has 0 aliphatic rings. The Hall–Kier alpha value is -2.56. The van der Waals surface area contributed by atoms with Crippen LogP contribution in [0.25, 0.3) is 0 Å². The Morgan fingerprint density at radius 2 is 1.25 bits per heavy atom. The fourth-order valence-corrected chi connectivity index (χ4v) is 6.20. The zero-order valence-electron chi connectivity index (χ0n) is 15.2. The van der Waals surface area contributed by atoms with Gasteiger partial charge in [-0.15, -0.1) is 0 Å². The standard InChI is InChI=1S/C22H21O5P/c23-13-16-11-18(14-24)21(19(12-16)15-25)28(27,20-9-5-2-6-10-20)22(26)17-7-3-1-4-8-17/h1-12,23-25H,13-15H2. The van der Waals surface area contributed by atoms with E-state index in [0.29, 0.717) is 10.9 Å². The molecule has 3 rings (SSSR count). The highest BCUT2D eigenvalue weighted by atomic mass is 31.2. The van der Waals surface area contributed by atoms with Gasteiger partial charge in [0.1, 0.15) is 0 Å². The molecular weight excluding hydrogens is 375 g/mol. The molecule has 3 aromatic carbocycles. The van der Waals surface area contributed by atoms with Crippen LogP contribution in [0.2, 0.25) is 0 Å². The van der Waals surface area contributed by atoms with Crippen molar-refractivity contribution in [1.82, 2.24) is 0 Å². The Bertz CT molecular complexity index is 991. The van der Waals surface area contributed by atoms with E-state index in [9.17, 15) is 24.7 Å². The average molecular weight is 396 g/mol. The normalized spacial score (nSPS) is 13.1. The van der Waals surface area contributed by atoms with Crippen LogP contribution in [0.15, 0.2) is 72.8 Å². The van der Waals surface area contributed by atoms with E-state index >= 15 is 0 Å². The number of hydrogen-bond acceptors (Lipinski definition) is 5. The van der Waals surface area contributed by atoms with Crippen LogP contribution < -0.4 is 10.6 Å². The minimum Gasteiger partial charge on any atom is -0.392 e. The van der Waals surface area contributed by atoms with E-state index in [4.69, 9.17) is 0 Å². The van der Waals surface area contributed by atoms with Crippen molar-refractivity contribution < 1.29 is 24.7 Å². The molecule has 0 spiro atoms. The van der Waals surface area contributed by atoms with Crippen molar-refractivity contribution in [3.05, 3.63) is 95.1 Å². The van der Waals surface area contributed by atoms with Gasteiger partial charge in [0.05, 0.1) is 19.8 Å². The molecule has 3 N–H and O–H groups in total. The predicted molar refractivity (Wildman–Crippen MR) is 108 cm³/mol. The molecular formula is C22H21O5P. The molecule has 1 atom stereocenters. The SMILES string of the molecule is O=C(c1ccccc1)P(=O)(c1ccccc1)c1c(CO)cc(CO)cc1CO. The quantitative estimate of drug-likeness (QED) is 0.533. The fourth-order valence-electron chi connectivity index (χ4n) is 3.32. The van der Waals surface area contributed by atoms with E-state index in [0.717, 1.165) is 0 Å². The van der Waals surface area contributed by atoms with E-state index in [1.54, 1.807) is 60.7 Å². The molecule has 3 aromatic rings. The maximum Gasteiger partial charge on any atom is 0.230 e. The monoisotopic (exact) mass is 396 g/mol. The van der Waals surface area contributed by atoms with Gasteiger partial charge in [0.2, 0.25) is 12.7 Å². The molecule has 0 saturated heterocycles. The topological polar surface area (TPSA) is 94.8 Å². The number of carbonyl (C=O) groups excluding carboxylic acids is 1. The van der Waals surface area contributed by atoms with Crippen LogP contribution in [0.4, 0.5) is 0 Å². The van der Waals surface area contributed by atoms with Crippen molar-refractivity contribution in [2.24, 2.45) is 0 Å². The smallest absolute Gasteiger partial charge is 0.230 e. The van der Waals surface area contributed by atoms with Crippen molar-refractivity contribution in [2.45, 2.75) is 19.8 Å². The van der Waals surface area contributed by atoms with Crippen LogP contribution in [0.5, 0.6) is 0 Å². The molecule has 0 aliphatic heterocycles. The van der Waals surface area contributed by atoms with Crippen molar-refractivity contribution in [1.29, 1.82) is 0 Å². The molecule has 1 unspecified atom stereocenters. The highest BCUT2D eigenvalue weighted by Crippen LogP contribution is 2.49. The number of hydrogen-bond donors (Lipinski definition) is 3. The minimum atomic E-state index is -3.92. The second-order valence-electron chi connectivity index (χ2n) is 6.35. The summed E-state index contributed by atoms with van der Waals surface area (Å²) in [6.45, 7) is -1.26. The summed E-state index contributed by atoms with van der Waals surface area (Å²) in [5.74, 6) is 0. The number of rotatable bonds is 7. The Balaban J connectivity index is 2.36. The summed E-state index contributed by atoms with van der Waals surface area (Å²) in [4.78, 5) is 13.5. The van der Waals surface area contributed by atoms with E-state index in [2.05, 4.69) is 0 Å². The number of carbonyl (C=O) groups is 1. The first-order valence-electron chi connectivity index (χ1n) is 8.79. The van der Waals surface area contributed by atoms with Gasteiger partial charge in [0.25, 0.3) is 0 Å². The molecule has 28 heavy (non-hydrogen) atoms. The average Bonchev–Trinajstić information content (AvgIpc) is 2.78. The lowest BCUT2D eigenvalue weighted by atomic mass is 10.1. The maximum absolute atomic E-state index is 14.4. The second kappa shape index (κ2) is 8.63. The summed E-state index contributed by atoms with van der Waals surface area (Å²) in [7, 11) is -3.92. The molecule has 144 valence electrons. The predicted octanol–water partition coefficient (Wildman–Crippen LogP) is 2.32. The van der Waals surface area contributed by atoms with Crippen LogP contribution in [-0.2, 0) is 24.4 Å². The molecule has 0 heterocycles. The third-order valence-electron chi connectivity index (χ3n) is 4.59. The van der Waals surface area contributed by atoms with Crippen molar-refractivity contribution in [2.75, 3.05) is 0 Å². The molecule has 5 nitrogen and oxygen atoms in total. The summed E-state index contributed by atoms with van der Waals surface area (Å²) in [6.07, 6.45) is 0. The van der Waals surface area contributed by atoms with Crippen LogP contribution in [-0.4, -0.2) is 20.8 Å². The van der Waals surface area contributed by atoms with Gasteiger partial charge in [-0.2, -0.15) is 0 Å².